The van der Waals surface area contributed by atoms with E-state index in [-0.39, 0.29) is 18.4 Å². The average molecular weight is 269 g/mol. The minimum absolute atomic E-state index is 0.000811. The van der Waals surface area contributed by atoms with E-state index in [0.29, 0.717) is 6.42 Å². The summed E-state index contributed by atoms with van der Waals surface area (Å²) < 4.78 is 0. The first-order chi connectivity index (χ1) is 9.70. The third-order valence-electron chi connectivity index (χ3n) is 3.05. The van der Waals surface area contributed by atoms with Crippen molar-refractivity contribution in [1.29, 1.82) is 5.26 Å². The van der Waals surface area contributed by atoms with Crippen molar-refractivity contribution in [1.82, 2.24) is 5.32 Å². The van der Waals surface area contributed by atoms with Gasteiger partial charge in [0, 0.05) is 24.7 Å². The molecule has 1 saturated heterocycles. The number of nitrogens with one attached hydrogen (secondary N) is 1. The molecule has 1 aliphatic rings. The monoisotopic (exact) mass is 269 g/mol. The minimum atomic E-state index is -0.301. The van der Waals surface area contributed by atoms with Gasteiger partial charge in [0.1, 0.15) is 6.54 Å². The Morgan fingerprint density at radius 3 is 2.75 bits per heavy atom. The van der Waals surface area contributed by atoms with Crippen LogP contribution < -0.4 is 10.2 Å². The van der Waals surface area contributed by atoms with E-state index < -0.39 is 0 Å². The van der Waals surface area contributed by atoms with Crippen molar-refractivity contribution >= 4 is 23.6 Å². The molecule has 0 unspecified atom stereocenters. The molecule has 20 heavy (non-hydrogen) atoms. The molecule has 2 rings (SSSR count). The molecule has 1 N–H and O–H groups in total. The van der Waals surface area contributed by atoms with Gasteiger partial charge in [-0.1, -0.05) is 12.1 Å². The van der Waals surface area contributed by atoms with Gasteiger partial charge in [-0.2, -0.15) is 5.26 Å². The van der Waals surface area contributed by atoms with E-state index in [1.807, 2.05) is 30.3 Å². The number of carbonyl (C=O) groups excluding carboxylic acids is 2. The second-order valence-electron chi connectivity index (χ2n) is 4.45. The van der Waals surface area contributed by atoms with Gasteiger partial charge >= 0.3 is 0 Å². The van der Waals surface area contributed by atoms with Crippen molar-refractivity contribution in [3.8, 4) is 6.07 Å². The molecule has 0 radical (unpaired) electrons. The van der Waals surface area contributed by atoms with Crippen LogP contribution in [0.5, 0.6) is 0 Å². The molecule has 0 atom stereocenters. The summed E-state index contributed by atoms with van der Waals surface area (Å²) in [5.74, 6) is -0.144. The molecule has 5 nitrogen and oxygen atoms in total. The Hall–Kier alpha value is -2.61. The Morgan fingerprint density at radius 2 is 2.15 bits per heavy atom. The first kappa shape index (κ1) is 13.8. The predicted molar refractivity (Wildman–Crippen MR) is 75.7 cm³/mol. The fraction of sp³-hybridized carbons (Fsp3) is 0.267. The normalized spacial score (nSPS) is 14.6. The molecule has 1 fully saturated rings. The summed E-state index contributed by atoms with van der Waals surface area (Å²) in [7, 11) is 0. The molecular formula is C15H15N3O2. The van der Waals surface area contributed by atoms with Gasteiger partial charge < -0.3 is 10.2 Å². The third kappa shape index (κ3) is 3.45. The second-order valence-corrected chi connectivity index (χ2v) is 4.45. The van der Waals surface area contributed by atoms with Crippen LogP contribution in [0.2, 0.25) is 0 Å². The van der Waals surface area contributed by atoms with Crippen LogP contribution in [0.3, 0.4) is 0 Å². The maximum Gasteiger partial charge on any atom is 0.244 e. The van der Waals surface area contributed by atoms with Gasteiger partial charge in [-0.3, -0.25) is 9.59 Å². The summed E-state index contributed by atoms with van der Waals surface area (Å²) in [6.45, 7) is 0.768. The molecule has 0 aromatic heterocycles. The highest BCUT2D eigenvalue weighted by Crippen LogP contribution is 2.21. The first-order valence-electron chi connectivity index (χ1n) is 6.44. The van der Waals surface area contributed by atoms with E-state index in [1.165, 1.54) is 6.08 Å². The van der Waals surface area contributed by atoms with Crippen LogP contribution >= 0.6 is 0 Å². The number of nitrogens with zero attached hydrogens (tertiary/aromatic N) is 2. The molecule has 5 heteroatoms. The Bertz CT molecular complexity index is 570. The summed E-state index contributed by atoms with van der Waals surface area (Å²) in [4.78, 5) is 24.7. The summed E-state index contributed by atoms with van der Waals surface area (Å²) in [6.07, 6.45) is 4.57. The van der Waals surface area contributed by atoms with Crippen molar-refractivity contribution in [2.24, 2.45) is 0 Å². The van der Waals surface area contributed by atoms with E-state index in [9.17, 15) is 9.59 Å². The van der Waals surface area contributed by atoms with E-state index in [4.69, 9.17) is 5.26 Å². The van der Waals surface area contributed by atoms with Crippen molar-refractivity contribution in [2.45, 2.75) is 12.8 Å². The minimum Gasteiger partial charge on any atom is -0.339 e. The maximum absolute atomic E-state index is 11.6. The Morgan fingerprint density at radius 1 is 1.40 bits per heavy atom. The average Bonchev–Trinajstić information content (AvgIpc) is 2.89. The van der Waals surface area contributed by atoms with Gasteiger partial charge in [0.15, 0.2) is 0 Å². The number of nitriles is 1. The first-order valence-corrected chi connectivity index (χ1v) is 6.44. The van der Waals surface area contributed by atoms with Crippen molar-refractivity contribution < 1.29 is 9.59 Å². The molecule has 1 heterocycles. The third-order valence-corrected chi connectivity index (χ3v) is 3.05. The lowest BCUT2D eigenvalue weighted by atomic mass is 10.2. The van der Waals surface area contributed by atoms with E-state index in [0.717, 1.165) is 24.2 Å². The molecule has 0 saturated carbocycles. The molecule has 0 bridgehead atoms. The van der Waals surface area contributed by atoms with Gasteiger partial charge in [0.2, 0.25) is 11.8 Å². The zero-order chi connectivity index (χ0) is 14.4. The number of rotatable bonds is 4. The number of amides is 2. The summed E-state index contributed by atoms with van der Waals surface area (Å²) >= 11 is 0. The highest BCUT2D eigenvalue weighted by Gasteiger charge is 2.21. The second kappa shape index (κ2) is 6.53. The summed E-state index contributed by atoms with van der Waals surface area (Å²) in [6, 6.07) is 9.29. The van der Waals surface area contributed by atoms with E-state index in [1.54, 1.807) is 11.0 Å². The molecule has 1 aliphatic heterocycles. The smallest absolute Gasteiger partial charge is 0.244 e. The summed E-state index contributed by atoms with van der Waals surface area (Å²) in [5, 5.41) is 10.8. The predicted octanol–water partition coefficient (Wildman–Crippen LogP) is 1.47. The topological polar surface area (TPSA) is 73.2 Å². The van der Waals surface area contributed by atoms with E-state index in [2.05, 4.69) is 5.32 Å². The van der Waals surface area contributed by atoms with Crippen LogP contribution in [-0.4, -0.2) is 24.9 Å². The van der Waals surface area contributed by atoms with E-state index >= 15 is 0 Å². The van der Waals surface area contributed by atoms with Gasteiger partial charge in [-0.15, -0.1) is 0 Å². The molecule has 2 amide bonds. The Balaban J connectivity index is 1.98. The zero-order valence-electron chi connectivity index (χ0n) is 11.0. The SMILES string of the molecule is N#CCNC(=O)/C=C/c1ccc(N2CCCC2=O)cc1. The standard InChI is InChI=1S/C15H15N3O2/c16-9-10-17-14(19)8-5-12-3-6-13(7-4-12)18-11-1-2-15(18)20/h3-8H,1-2,10-11H2,(H,17,19)/b8-5+. The maximum atomic E-state index is 11.6. The quantitative estimate of drug-likeness (QED) is 0.664. The van der Waals surface area contributed by atoms with Crippen molar-refractivity contribution in [3.05, 3.63) is 35.9 Å². The Kier molecular flexibility index (Phi) is 4.51. The van der Waals surface area contributed by atoms with Crippen LogP contribution in [0.4, 0.5) is 5.69 Å². The summed E-state index contributed by atoms with van der Waals surface area (Å²) in [5.41, 5.74) is 1.76. The van der Waals surface area contributed by atoms with Gasteiger partial charge in [-0.05, 0) is 30.2 Å². The van der Waals surface area contributed by atoms with Crippen LogP contribution in [0.15, 0.2) is 30.3 Å². The number of hydrogen-bond acceptors (Lipinski definition) is 3. The van der Waals surface area contributed by atoms with Crippen molar-refractivity contribution in [3.63, 3.8) is 0 Å². The lowest BCUT2D eigenvalue weighted by Gasteiger charge is -2.15. The largest absolute Gasteiger partial charge is 0.339 e. The molecular weight excluding hydrogens is 254 g/mol. The van der Waals surface area contributed by atoms with Gasteiger partial charge in [0.05, 0.1) is 6.07 Å². The number of anilines is 1. The molecule has 102 valence electrons. The Labute approximate surface area is 117 Å². The number of hydrogen-bond donors (Lipinski definition) is 1. The highest BCUT2D eigenvalue weighted by molar-refractivity contribution is 5.95. The fourth-order valence-corrected chi connectivity index (χ4v) is 2.04. The highest BCUT2D eigenvalue weighted by atomic mass is 16.2. The molecule has 1 aromatic rings. The van der Waals surface area contributed by atoms with Crippen LogP contribution in [0.25, 0.3) is 6.08 Å². The molecule has 0 spiro atoms. The van der Waals surface area contributed by atoms with Crippen LogP contribution in [0.1, 0.15) is 18.4 Å². The van der Waals surface area contributed by atoms with Crippen molar-refractivity contribution in [2.75, 3.05) is 18.0 Å². The number of carbonyl (C=O) groups is 2. The van der Waals surface area contributed by atoms with Gasteiger partial charge in [0.25, 0.3) is 0 Å². The van der Waals surface area contributed by atoms with Crippen LogP contribution in [-0.2, 0) is 9.59 Å². The molecule has 1 aromatic carbocycles. The van der Waals surface area contributed by atoms with Crippen LogP contribution in [0, 0.1) is 11.3 Å². The molecule has 0 aliphatic carbocycles. The van der Waals surface area contributed by atoms with Gasteiger partial charge in [-0.25, -0.2) is 0 Å². The lowest BCUT2D eigenvalue weighted by Crippen LogP contribution is -2.23. The zero-order valence-corrected chi connectivity index (χ0v) is 11.0. The number of benzene rings is 1. The lowest BCUT2D eigenvalue weighted by molar-refractivity contribution is -0.117. The fourth-order valence-electron chi connectivity index (χ4n) is 2.04.